The fourth-order valence-electron chi connectivity index (χ4n) is 2.78. The van der Waals surface area contributed by atoms with Gasteiger partial charge in [-0.2, -0.15) is 0 Å². The van der Waals surface area contributed by atoms with Crippen molar-refractivity contribution in [3.63, 3.8) is 0 Å². The molecule has 112 valence electrons. The van der Waals surface area contributed by atoms with Crippen molar-refractivity contribution < 1.29 is 4.79 Å². The van der Waals surface area contributed by atoms with E-state index < -0.39 is 0 Å². The summed E-state index contributed by atoms with van der Waals surface area (Å²) in [6, 6.07) is 1.97. The lowest BCUT2D eigenvalue weighted by Gasteiger charge is -2.33. The number of carbonyl (C=O) groups excluding carboxylic acids is 1. The van der Waals surface area contributed by atoms with Crippen LogP contribution in [0, 0.1) is 5.92 Å². The number of rotatable bonds is 5. The predicted octanol–water partition coefficient (Wildman–Crippen LogP) is 2.70. The number of Topliss-reactive ketones (excluding diaryl/α,β-unsaturated/α-hetero) is 1. The van der Waals surface area contributed by atoms with E-state index in [4.69, 9.17) is 5.73 Å². The molecule has 1 aromatic heterocycles. The molecule has 5 heteroatoms. The van der Waals surface area contributed by atoms with E-state index in [2.05, 4.69) is 23.9 Å². The second kappa shape index (κ2) is 6.59. The van der Waals surface area contributed by atoms with E-state index in [1.807, 2.05) is 13.0 Å². The Balaban J connectivity index is 1.99. The summed E-state index contributed by atoms with van der Waals surface area (Å²) in [5.74, 6) is 0.941. The fourth-order valence-corrected chi connectivity index (χ4v) is 3.92. The Bertz CT molecular complexity index is 462. The molecule has 20 heavy (non-hydrogen) atoms. The van der Waals surface area contributed by atoms with Crippen LogP contribution >= 0.6 is 11.3 Å². The topological polar surface area (TPSA) is 49.6 Å². The van der Waals surface area contributed by atoms with E-state index in [1.54, 1.807) is 11.3 Å². The van der Waals surface area contributed by atoms with Crippen molar-refractivity contribution in [2.24, 2.45) is 5.92 Å². The third-order valence-corrected chi connectivity index (χ3v) is 5.12. The van der Waals surface area contributed by atoms with Gasteiger partial charge < -0.3 is 15.5 Å². The quantitative estimate of drug-likeness (QED) is 0.849. The predicted molar refractivity (Wildman–Crippen MR) is 86.8 cm³/mol. The number of thiophene rings is 1. The molecule has 2 heterocycles. The minimum Gasteiger partial charge on any atom is -0.397 e. The van der Waals surface area contributed by atoms with Gasteiger partial charge in [0.15, 0.2) is 5.78 Å². The first kappa shape index (κ1) is 15.3. The lowest BCUT2D eigenvalue weighted by atomic mass is 9.96. The summed E-state index contributed by atoms with van der Waals surface area (Å²) in [5, 5.41) is 1.16. The Hall–Kier alpha value is -1.07. The first-order chi connectivity index (χ1) is 9.51. The summed E-state index contributed by atoms with van der Waals surface area (Å²) in [6.07, 6.45) is 2.95. The summed E-state index contributed by atoms with van der Waals surface area (Å²) in [5.41, 5.74) is 6.62. The molecule has 0 atom stereocenters. The van der Waals surface area contributed by atoms with E-state index in [0.29, 0.717) is 12.1 Å². The maximum atomic E-state index is 11.8. The largest absolute Gasteiger partial charge is 0.397 e. The van der Waals surface area contributed by atoms with Crippen LogP contribution in [0.4, 0.5) is 10.7 Å². The Morgan fingerprint density at radius 3 is 2.65 bits per heavy atom. The number of hydrogen-bond acceptors (Lipinski definition) is 5. The average Bonchev–Trinajstić information content (AvgIpc) is 2.80. The molecule has 0 amide bonds. The molecule has 1 aliphatic rings. The maximum Gasteiger partial charge on any atom is 0.174 e. The highest BCUT2D eigenvalue weighted by atomic mass is 32.1. The molecule has 2 N–H and O–H groups in total. The Kier molecular flexibility index (Phi) is 5.05. The zero-order valence-corrected chi connectivity index (χ0v) is 13.5. The van der Waals surface area contributed by atoms with Crippen LogP contribution in [0.2, 0.25) is 0 Å². The van der Waals surface area contributed by atoms with Crippen molar-refractivity contribution in [1.82, 2.24) is 4.90 Å². The van der Waals surface area contributed by atoms with Crippen molar-refractivity contribution in [3.05, 3.63) is 10.9 Å². The van der Waals surface area contributed by atoms with Gasteiger partial charge in [0, 0.05) is 26.1 Å². The maximum absolute atomic E-state index is 11.8. The minimum absolute atomic E-state index is 0.154. The molecule has 2 rings (SSSR count). The van der Waals surface area contributed by atoms with Crippen molar-refractivity contribution in [2.45, 2.75) is 26.2 Å². The van der Waals surface area contributed by atoms with Crippen LogP contribution in [0.3, 0.4) is 0 Å². The SMILES string of the molecule is CCC(=O)c1sc(N2CCC(CN(C)C)CC2)cc1N. The second-order valence-corrected chi connectivity index (χ2v) is 6.87. The van der Waals surface area contributed by atoms with Crippen molar-refractivity contribution in [2.75, 3.05) is 44.4 Å². The van der Waals surface area contributed by atoms with Gasteiger partial charge in [-0.25, -0.2) is 0 Å². The van der Waals surface area contributed by atoms with Gasteiger partial charge in [-0.3, -0.25) is 4.79 Å². The molecular formula is C15H25N3OS. The number of nitrogens with zero attached hydrogens (tertiary/aromatic N) is 2. The Morgan fingerprint density at radius 1 is 1.45 bits per heavy atom. The minimum atomic E-state index is 0.154. The van der Waals surface area contributed by atoms with Gasteiger partial charge in [-0.1, -0.05) is 6.92 Å². The number of nitrogens with two attached hydrogens (primary N) is 1. The smallest absolute Gasteiger partial charge is 0.174 e. The van der Waals surface area contributed by atoms with E-state index in [0.717, 1.165) is 28.9 Å². The van der Waals surface area contributed by atoms with E-state index in [1.165, 1.54) is 19.4 Å². The third kappa shape index (κ3) is 3.52. The van der Waals surface area contributed by atoms with Gasteiger partial charge in [0.25, 0.3) is 0 Å². The van der Waals surface area contributed by atoms with Crippen molar-refractivity contribution in [3.8, 4) is 0 Å². The summed E-state index contributed by atoms with van der Waals surface area (Å²) in [7, 11) is 4.27. The van der Waals surface area contributed by atoms with Crippen LogP contribution < -0.4 is 10.6 Å². The normalized spacial score (nSPS) is 16.9. The van der Waals surface area contributed by atoms with Crippen LogP contribution in [0.25, 0.3) is 0 Å². The number of nitrogen functional groups attached to an aromatic ring is 1. The molecule has 1 saturated heterocycles. The third-order valence-electron chi connectivity index (χ3n) is 3.87. The monoisotopic (exact) mass is 295 g/mol. The molecule has 0 saturated carbocycles. The number of carbonyl (C=O) groups is 1. The first-order valence-corrected chi connectivity index (χ1v) is 8.15. The van der Waals surface area contributed by atoms with Crippen LogP contribution in [0.15, 0.2) is 6.07 Å². The summed E-state index contributed by atoms with van der Waals surface area (Å²) in [4.78, 5) is 17.2. The van der Waals surface area contributed by atoms with Crippen molar-refractivity contribution in [1.29, 1.82) is 0 Å². The lowest BCUT2D eigenvalue weighted by Crippen LogP contribution is -2.36. The number of anilines is 2. The van der Waals surface area contributed by atoms with Gasteiger partial charge in [0.05, 0.1) is 15.6 Å². The second-order valence-electron chi connectivity index (χ2n) is 5.84. The van der Waals surface area contributed by atoms with E-state index in [-0.39, 0.29) is 5.78 Å². The standard InChI is InChI=1S/C15H25N3OS/c1-4-13(19)15-12(16)9-14(20-15)18-7-5-11(6-8-18)10-17(2)3/h9,11H,4-8,10,16H2,1-3H3. The highest BCUT2D eigenvalue weighted by molar-refractivity contribution is 7.18. The molecule has 0 spiro atoms. The van der Waals surface area contributed by atoms with Crippen LogP contribution in [-0.4, -0.2) is 44.4 Å². The van der Waals surface area contributed by atoms with Gasteiger partial charge in [-0.15, -0.1) is 11.3 Å². The van der Waals surface area contributed by atoms with Crippen LogP contribution in [-0.2, 0) is 0 Å². The molecule has 4 nitrogen and oxygen atoms in total. The highest BCUT2D eigenvalue weighted by Crippen LogP contribution is 2.35. The zero-order chi connectivity index (χ0) is 14.7. The molecule has 0 radical (unpaired) electrons. The van der Waals surface area contributed by atoms with Crippen molar-refractivity contribution >= 4 is 27.8 Å². The van der Waals surface area contributed by atoms with Crippen LogP contribution in [0.5, 0.6) is 0 Å². The molecule has 1 aromatic rings. The van der Waals surface area contributed by atoms with Gasteiger partial charge in [0.1, 0.15) is 0 Å². The van der Waals surface area contributed by atoms with Crippen LogP contribution in [0.1, 0.15) is 35.9 Å². The van der Waals surface area contributed by atoms with E-state index in [9.17, 15) is 4.79 Å². The zero-order valence-electron chi connectivity index (χ0n) is 12.7. The molecule has 1 fully saturated rings. The molecular weight excluding hydrogens is 270 g/mol. The first-order valence-electron chi connectivity index (χ1n) is 7.33. The average molecular weight is 295 g/mol. The molecule has 0 aliphatic carbocycles. The summed E-state index contributed by atoms with van der Waals surface area (Å²) in [6.45, 7) is 5.18. The lowest BCUT2D eigenvalue weighted by molar-refractivity contribution is 0.0993. The number of piperidine rings is 1. The number of hydrogen-bond donors (Lipinski definition) is 1. The summed E-state index contributed by atoms with van der Waals surface area (Å²) >= 11 is 1.55. The van der Waals surface area contributed by atoms with Gasteiger partial charge in [-0.05, 0) is 38.9 Å². The number of ketones is 1. The molecule has 0 bridgehead atoms. The van der Waals surface area contributed by atoms with Gasteiger partial charge >= 0.3 is 0 Å². The molecule has 0 unspecified atom stereocenters. The molecule has 1 aliphatic heterocycles. The van der Waals surface area contributed by atoms with E-state index >= 15 is 0 Å². The Morgan fingerprint density at radius 2 is 2.10 bits per heavy atom. The molecule has 0 aromatic carbocycles. The highest BCUT2D eigenvalue weighted by Gasteiger charge is 2.22. The fraction of sp³-hybridized carbons (Fsp3) is 0.667. The van der Waals surface area contributed by atoms with Gasteiger partial charge in [0.2, 0.25) is 0 Å². The summed E-state index contributed by atoms with van der Waals surface area (Å²) < 4.78 is 0. The Labute approximate surface area is 125 Å².